The number of piperidine rings is 1. The van der Waals surface area contributed by atoms with Crippen molar-refractivity contribution in [1.29, 1.82) is 0 Å². The van der Waals surface area contributed by atoms with Crippen LogP contribution < -0.4 is 5.32 Å². The molecule has 0 saturated carbocycles. The van der Waals surface area contributed by atoms with Crippen molar-refractivity contribution in [1.82, 2.24) is 9.62 Å². The van der Waals surface area contributed by atoms with Gasteiger partial charge in [-0.2, -0.15) is 4.31 Å². The molecule has 0 unspecified atom stereocenters. The van der Waals surface area contributed by atoms with E-state index in [4.69, 9.17) is 0 Å². The molecule has 1 N–H and O–H groups in total. The lowest BCUT2D eigenvalue weighted by Crippen LogP contribution is -2.51. The fraction of sp³-hybridized carbons (Fsp3) is 0.900. The number of sulfonamides is 1. The van der Waals surface area contributed by atoms with Crippen LogP contribution in [0.15, 0.2) is 0 Å². The van der Waals surface area contributed by atoms with E-state index in [1.165, 1.54) is 10.6 Å². The smallest absolute Gasteiger partial charge is 0.238 e. The van der Waals surface area contributed by atoms with E-state index in [0.29, 0.717) is 19.5 Å². The standard InChI is InChI=1S/C10H20N2O3S/c1-3-7-11-10(13)9-6-4-5-8-12(9)16(2,14)15/h9H,3-8H2,1-2H3,(H,11,13)/t9-/m0/s1. The molecule has 0 aromatic rings. The molecule has 94 valence electrons. The van der Waals surface area contributed by atoms with Gasteiger partial charge >= 0.3 is 0 Å². The van der Waals surface area contributed by atoms with Crippen molar-refractivity contribution >= 4 is 15.9 Å². The number of carbonyl (C=O) groups is 1. The number of amides is 1. The predicted octanol–water partition coefficient (Wildman–Crippen LogP) is 0.327. The fourth-order valence-electron chi connectivity index (χ4n) is 1.93. The summed E-state index contributed by atoms with van der Waals surface area (Å²) in [5.41, 5.74) is 0. The second-order valence-electron chi connectivity index (χ2n) is 4.18. The Bertz CT molecular complexity index is 340. The van der Waals surface area contributed by atoms with Gasteiger partial charge < -0.3 is 5.32 Å². The zero-order valence-electron chi connectivity index (χ0n) is 9.90. The molecule has 1 aliphatic rings. The number of nitrogens with one attached hydrogen (secondary N) is 1. The van der Waals surface area contributed by atoms with Crippen LogP contribution in [0.25, 0.3) is 0 Å². The highest BCUT2D eigenvalue weighted by Crippen LogP contribution is 2.19. The number of rotatable bonds is 4. The first kappa shape index (κ1) is 13.4. The van der Waals surface area contributed by atoms with Crippen LogP contribution in [0, 0.1) is 0 Å². The van der Waals surface area contributed by atoms with E-state index in [-0.39, 0.29) is 5.91 Å². The highest BCUT2D eigenvalue weighted by Gasteiger charge is 2.33. The first-order valence-corrected chi connectivity index (χ1v) is 7.56. The molecule has 1 saturated heterocycles. The normalized spacial score (nSPS) is 23.0. The Kier molecular flexibility index (Phi) is 4.73. The molecule has 16 heavy (non-hydrogen) atoms. The molecular weight excluding hydrogens is 228 g/mol. The summed E-state index contributed by atoms with van der Waals surface area (Å²) in [6.45, 7) is 3.03. The van der Waals surface area contributed by atoms with Crippen molar-refractivity contribution in [3.05, 3.63) is 0 Å². The van der Waals surface area contributed by atoms with E-state index in [0.717, 1.165) is 19.3 Å². The lowest BCUT2D eigenvalue weighted by molar-refractivity contribution is -0.125. The largest absolute Gasteiger partial charge is 0.355 e. The summed E-state index contributed by atoms with van der Waals surface area (Å²) in [7, 11) is -3.27. The van der Waals surface area contributed by atoms with Crippen LogP contribution in [-0.4, -0.2) is 44.0 Å². The van der Waals surface area contributed by atoms with Crippen molar-refractivity contribution in [2.24, 2.45) is 0 Å². The average Bonchev–Trinajstić information content (AvgIpc) is 2.24. The van der Waals surface area contributed by atoms with Crippen LogP contribution in [0.3, 0.4) is 0 Å². The van der Waals surface area contributed by atoms with Gasteiger partial charge in [-0.05, 0) is 19.3 Å². The summed E-state index contributed by atoms with van der Waals surface area (Å²) < 4.78 is 24.4. The third-order valence-electron chi connectivity index (χ3n) is 2.73. The second kappa shape index (κ2) is 5.63. The minimum atomic E-state index is -3.27. The fourth-order valence-corrected chi connectivity index (χ4v) is 3.05. The van der Waals surface area contributed by atoms with Crippen LogP contribution in [0.4, 0.5) is 0 Å². The Labute approximate surface area is 97.2 Å². The Morgan fingerprint density at radius 2 is 2.12 bits per heavy atom. The van der Waals surface area contributed by atoms with Crippen molar-refractivity contribution in [2.45, 2.75) is 38.6 Å². The molecule has 0 bridgehead atoms. The monoisotopic (exact) mass is 248 g/mol. The second-order valence-corrected chi connectivity index (χ2v) is 6.11. The lowest BCUT2D eigenvalue weighted by atomic mass is 10.0. The average molecular weight is 248 g/mol. The van der Waals surface area contributed by atoms with Gasteiger partial charge in [-0.25, -0.2) is 8.42 Å². The van der Waals surface area contributed by atoms with Crippen molar-refractivity contribution in [3.8, 4) is 0 Å². The van der Waals surface area contributed by atoms with Crippen molar-refractivity contribution in [2.75, 3.05) is 19.3 Å². The number of nitrogens with zero attached hydrogens (tertiary/aromatic N) is 1. The maximum Gasteiger partial charge on any atom is 0.238 e. The minimum Gasteiger partial charge on any atom is -0.355 e. The third kappa shape index (κ3) is 3.45. The van der Waals surface area contributed by atoms with Crippen LogP contribution in [0.5, 0.6) is 0 Å². The van der Waals surface area contributed by atoms with E-state index in [1.807, 2.05) is 6.92 Å². The zero-order valence-corrected chi connectivity index (χ0v) is 10.7. The molecule has 1 atom stereocenters. The van der Waals surface area contributed by atoms with E-state index in [2.05, 4.69) is 5.32 Å². The molecule has 1 aliphatic heterocycles. The van der Waals surface area contributed by atoms with Crippen LogP contribution in [0.2, 0.25) is 0 Å². The SMILES string of the molecule is CCCNC(=O)[C@@H]1CCCCN1S(C)(=O)=O. The maximum absolute atomic E-state index is 11.8. The third-order valence-corrected chi connectivity index (χ3v) is 4.02. The molecule has 1 fully saturated rings. The van der Waals surface area contributed by atoms with Crippen LogP contribution in [0.1, 0.15) is 32.6 Å². The molecule has 0 spiro atoms. The molecule has 0 aromatic carbocycles. The van der Waals surface area contributed by atoms with Gasteiger partial charge in [0.2, 0.25) is 15.9 Å². The molecule has 1 heterocycles. The minimum absolute atomic E-state index is 0.160. The zero-order chi connectivity index (χ0) is 12.2. The van der Waals surface area contributed by atoms with Gasteiger partial charge in [-0.15, -0.1) is 0 Å². The number of hydrogen-bond acceptors (Lipinski definition) is 3. The van der Waals surface area contributed by atoms with Gasteiger partial charge in [0, 0.05) is 13.1 Å². The summed E-state index contributed by atoms with van der Waals surface area (Å²) in [4.78, 5) is 11.8. The summed E-state index contributed by atoms with van der Waals surface area (Å²) in [6, 6.07) is -0.504. The molecule has 0 aliphatic carbocycles. The predicted molar refractivity (Wildman–Crippen MR) is 62.5 cm³/mol. The summed E-state index contributed by atoms with van der Waals surface area (Å²) >= 11 is 0. The van der Waals surface area contributed by atoms with Gasteiger partial charge in [0.1, 0.15) is 6.04 Å². The highest BCUT2D eigenvalue weighted by atomic mass is 32.2. The lowest BCUT2D eigenvalue weighted by Gasteiger charge is -2.32. The van der Waals surface area contributed by atoms with E-state index in [9.17, 15) is 13.2 Å². The van der Waals surface area contributed by atoms with Crippen LogP contribution >= 0.6 is 0 Å². The molecule has 0 aromatic heterocycles. The number of carbonyl (C=O) groups excluding carboxylic acids is 1. The Morgan fingerprint density at radius 3 is 2.69 bits per heavy atom. The number of hydrogen-bond donors (Lipinski definition) is 1. The molecule has 1 rings (SSSR count). The van der Waals surface area contributed by atoms with Gasteiger partial charge in [-0.1, -0.05) is 13.3 Å². The molecule has 0 radical (unpaired) electrons. The van der Waals surface area contributed by atoms with Gasteiger partial charge in [0.25, 0.3) is 0 Å². The Morgan fingerprint density at radius 1 is 1.44 bits per heavy atom. The summed E-state index contributed by atoms with van der Waals surface area (Å²) in [5.74, 6) is -0.160. The Balaban J connectivity index is 2.71. The highest BCUT2D eigenvalue weighted by molar-refractivity contribution is 7.88. The molecule has 1 amide bonds. The maximum atomic E-state index is 11.8. The summed E-state index contributed by atoms with van der Waals surface area (Å²) in [6.07, 6.45) is 4.40. The summed E-state index contributed by atoms with van der Waals surface area (Å²) in [5, 5.41) is 2.76. The van der Waals surface area contributed by atoms with E-state index < -0.39 is 16.1 Å². The van der Waals surface area contributed by atoms with Crippen molar-refractivity contribution < 1.29 is 13.2 Å². The first-order chi connectivity index (χ1) is 7.46. The quantitative estimate of drug-likeness (QED) is 0.779. The van der Waals surface area contributed by atoms with Gasteiger partial charge in [0.15, 0.2) is 0 Å². The molecular formula is C10H20N2O3S. The van der Waals surface area contributed by atoms with Crippen LogP contribution in [-0.2, 0) is 14.8 Å². The van der Waals surface area contributed by atoms with E-state index >= 15 is 0 Å². The molecule has 6 heteroatoms. The van der Waals surface area contributed by atoms with E-state index in [1.54, 1.807) is 0 Å². The molecule has 5 nitrogen and oxygen atoms in total. The van der Waals surface area contributed by atoms with Crippen molar-refractivity contribution in [3.63, 3.8) is 0 Å². The Hall–Kier alpha value is -0.620. The topological polar surface area (TPSA) is 66.5 Å². The van der Waals surface area contributed by atoms with Gasteiger partial charge in [-0.3, -0.25) is 4.79 Å². The van der Waals surface area contributed by atoms with Gasteiger partial charge in [0.05, 0.1) is 6.26 Å². The first-order valence-electron chi connectivity index (χ1n) is 5.71.